The van der Waals surface area contributed by atoms with Gasteiger partial charge in [0, 0.05) is 43.5 Å². The molecule has 0 aromatic heterocycles. The minimum absolute atomic E-state index is 0.306. The first-order chi connectivity index (χ1) is 20.5. The number of unbranched alkanes of at least 4 members (excludes halogenated alkanes) is 1. The molecule has 0 amide bonds. The molecule has 0 unspecified atom stereocenters. The van der Waals surface area contributed by atoms with E-state index in [0.29, 0.717) is 11.7 Å². The van der Waals surface area contributed by atoms with Crippen LogP contribution in [0.2, 0.25) is 0 Å². The first-order valence-electron chi connectivity index (χ1n) is 16.2. The number of aliphatic imine (C=N–C) groups is 1. The Morgan fingerprint density at radius 3 is 2.62 bits per heavy atom. The SMILES string of the molecule is C=C1CC=C(c2ccc(/C=C/CC/C=C(/CC)CCC)cc2)C=C1/C(=C\C=N/C)N1CC/C=C(\C(=O)C2CC2)CCC1. The van der Waals surface area contributed by atoms with Crippen molar-refractivity contribution in [3.05, 3.63) is 106 Å². The number of hydrogen-bond acceptors (Lipinski definition) is 3. The van der Waals surface area contributed by atoms with Crippen molar-refractivity contribution in [3.8, 4) is 0 Å². The van der Waals surface area contributed by atoms with Crippen molar-refractivity contribution in [3.63, 3.8) is 0 Å². The minimum atomic E-state index is 0.306. The highest BCUT2D eigenvalue weighted by Crippen LogP contribution is 2.36. The van der Waals surface area contributed by atoms with Crippen LogP contribution in [0.3, 0.4) is 0 Å². The Morgan fingerprint density at radius 1 is 1.10 bits per heavy atom. The monoisotopic (exact) mass is 562 g/mol. The summed E-state index contributed by atoms with van der Waals surface area (Å²) in [5.74, 6) is 0.711. The Kier molecular flexibility index (Phi) is 12.2. The molecule has 0 radical (unpaired) electrons. The highest BCUT2D eigenvalue weighted by Gasteiger charge is 2.31. The fraction of sp³-hybridized carbons (Fsp3) is 0.436. The van der Waals surface area contributed by atoms with E-state index in [1.54, 1.807) is 5.57 Å². The van der Waals surface area contributed by atoms with E-state index in [2.05, 4.69) is 97.1 Å². The molecule has 1 fully saturated rings. The Hall–Kier alpha value is -3.46. The van der Waals surface area contributed by atoms with Gasteiger partial charge in [-0.25, -0.2) is 0 Å². The second kappa shape index (κ2) is 16.2. The van der Waals surface area contributed by atoms with Gasteiger partial charge in [0.2, 0.25) is 0 Å². The van der Waals surface area contributed by atoms with Crippen LogP contribution in [0.1, 0.15) is 95.6 Å². The van der Waals surface area contributed by atoms with E-state index in [4.69, 9.17) is 0 Å². The highest BCUT2D eigenvalue weighted by atomic mass is 16.1. The maximum atomic E-state index is 12.7. The molecule has 1 aliphatic heterocycles. The summed E-state index contributed by atoms with van der Waals surface area (Å²) in [4.78, 5) is 19.4. The predicted molar refractivity (Wildman–Crippen MR) is 182 cm³/mol. The van der Waals surface area contributed by atoms with Gasteiger partial charge in [0.15, 0.2) is 5.78 Å². The van der Waals surface area contributed by atoms with E-state index in [1.807, 2.05) is 13.3 Å². The standard InChI is InChI=1S/C39H50N2O/c1-5-12-31(6-2)13-8-7-9-14-32-18-21-33(22-19-32)36-20-17-30(3)37(29-36)38(25-26-40-4)41-27-10-15-34(16-11-28-41)39(42)35-23-24-35/h9,13-15,18-22,25-26,29,35H,3,5-8,10-12,16-17,23-24,27-28H2,1-2,4H3/b14-9+,31-13-,34-15-,38-25+,40-26-. The van der Waals surface area contributed by atoms with Crippen LogP contribution in [0, 0.1) is 5.92 Å². The molecule has 1 saturated carbocycles. The average Bonchev–Trinajstić information content (AvgIpc) is 3.84. The zero-order valence-corrected chi connectivity index (χ0v) is 26.2. The molecule has 2 aliphatic carbocycles. The molecule has 42 heavy (non-hydrogen) atoms. The van der Waals surface area contributed by atoms with Gasteiger partial charge in [0.05, 0.1) is 0 Å². The maximum absolute atomic E-state index is 12.7. The third kappa shape index (κ3) is 9.02. The van der Waals surface area contributed by atoms with Crippen molar-refractivity contribution in [2.24, 2.45) is 10.9 Å². The van der Waals surface area contributed by atoms with Crippen LogP contribution in [-0.2, 0) is 4.79 Å². The van der Waals surface area contributed by atoms with Gasteiger partial charge in [-0.15, -0.1) is 0 Å². The quantitative estimate of drug-likeness (QED) is 0.136. The summed E-state index contributed by atoms with van der Waals surface area (Å²) in [6, 6.07) is 8.92. The molecule has 3 nitrogen and oxygen atoms in total. The van der Waals surface area contributed by atoms with Crippen LogP contribution in [0.4, 0.5) is 0 Å². The van der Waals surface area contributed by atoms with Crippen molar-refractivity contribution >= 4 is 23.6 Å². The fourth-order valence-electron chi connectivity index (χ4n) is 5.90. The first-order valence-corrected chi connectivity index (χ1v) is 16.2. The number of carbonyl (C=O) groups is 1. The van der Waals surface area contributed by atoms with Gasteiger partial charge >= 0.3 is 0 Å². The summed E-state index contributed by atoms with van der Waals surface area (Å²) < 4.78 is 0. The molecule has 222 valence electrons. The van der Waals surface area contributed by atoms with Gasteiger partial charge in [0.25, 0.3) is 0 Å². The van der Waals surface area contributed by atoms with Crippen molar-refractivity contribution in [1.29, 1.82) is 0 Å². The van der Waals surface area contributed by atoms with E-state index in [0.717, 1.165) is 75.6 Å². The van der Waals surface area contributed by atoms with Gasteiger partial charge in [0.1, 0.15) is 0 Å². The van der Waals surface area contributed by atoms with E-state index >= 15 is 0 Å². The van der Waals surface area contributed by atoms with Crippen molar-refractivity contribution in [1.82, 2.24) is 4.90 Å². The molecule has 3 aliphatic rings. The maximum Gasteiger partial charge on any atom is 0.161 e. The highest BCUT2D eigenvalue weighted by molar-refractivity contribution is 5.98. The summed E-state index contributed by atoms with van der Waals surface area (Å²) in [5, 5.41) is 0. The number of ketones is 1. The second-order valence-electron chi connectivity index (χ2n) is 11.8. The zero-order chi connectivity index (χ0) is 29.7. The number of allylic oxidation sites excluding steroid dienone is 9. The van der Waals surface area contributed by atoms with Crippen LogP contribution < -0.4 is 0 Å². The summed E-state index contributed by atoms with van der Waals surface area (Å²) in [6.07, 6.45) is 29.3. The zero-order valence-electron chi connectivity index (χ0n) is 26.2. The van der Waals surface area contributed by atoms with Gasteiger partial charge < -0.3 is 4.90 Å². The lowest BCUT2D eigenvalue weighted by Crippen LogP contribution is -2.29. The third-order valence-electron chi connectivity index (χ3n) is 8.52. The number of nitrogens with zero attached hydrogens (tertiary/aromatic N) is 2. The largest absolute Gasteiger partial charge is 0.371 e. The molecule has 4 rings (SSSR count). The second-order valence-corrected chi connectivity index (χ2v) is 11.8. The molecule has 3 heteroatoms. The number of benzene rings is 1. The minimum Gasteiger partial charge on any atom is -0.371 e. The molecule has 0 atom stereocenters. The summed E-state index contributed by atoms with van der Waals surface area (Å²) in [7, 11) is 1.82. The molecule has 0 N–H and O–H groups in total. The van der Waals surface area contributed by atoms with Gasteiger partial charge in [-0.3, -0.25) is 9.79 Å². The van der Waals surface area contributed by atoms with Crippen molar-refractivity contribution < 1.29 is 4.79 Å². The number of hydrogen-bond donors (Lipinski definition) is 0. The van der Waals surface area contributed by atoms with Crippen LogP contribution in [0.25, 0.3) is 11.6 Å². The lowest BCUT2D eigenvalue weighted by molar-refractivity contribution is -0.116. The smallest absolute Gasteiger partial charge is 0.161 e. The number of carbonyl (C=O) groups excluding carboxylic acids is 1. The molecular formula is C39H50N2O. The summed E-state index contributed by atoms with van der Waals surface area (Å²) >= 11 is 0. The summed E-state index contributed by atoms with van der Waals surface area (Å²) in [6.45, 7) is 10.8. The Morgan fingerprint density at radius 2 is 1.90 bits per heavy atom. The first kappa shape index (κ1) is 31.5. The van der Waals surface area contributed by atoms with Crippen LogP contribution in [-0.4, -0.2) is 37.0 Å². The molecule has 1 heterocycles. The molecule has 0 spiro atoms. The van der Waals surface area contributed by atoms with Crippen molar-refractivity contribution in [2.45, 2.75) is 84.5 Å². The van der Waals surface area contributed by atoms with E-state index in [1.165, 1.54) is 47.2 Å². The van der Waals surface area contributed by atoms with Gasteiger partial charge in [-0.05, 0) is 104 Å². The van der Waals surface area contributed by atoms with Gasteiger partial charge in [-0.1, -0.05) is 87.1 Å². The van der Waals surface area contributed by atoms with E-state index in [-0.39, 0.29) is 0 Å². The topological polar surface area (TPSA) is 32.7 Å². The molecular weight excluding hydrogens is 512 g/mol. The van der Waals surface area contributed by atoms with Gasteiger partial charge in [-0.2, -0.15) is 0 Å². The lowest BCUT2D eigenvalue weighted by atomic mass is 9.88. The average molecular weight is 563 g/mol. The molecule has 1 aromatic carbocycles. The van der Waals surface area contributed by atoms with E-state index < -0.39 is 0 Å². The summed E-state index contributed by atoms with van der Waals surface area (Å²) in [5.41, 5.74) is 9.87. The Labute approximate surface area is 254 Å². The Balaban J connectivity index is 1.44. The normalized spacial score (nSPS) is 20.3. The third-order valence-corrected chi connectivity index (χ3v) is 8.52. The van der Waals surface area contributed by atoms with Crippen LogP contribution in [0.15, 0.2) is 100 Å². The van der Waals surface area contributed by atoms with Crippen molar-refractivity contribution in [2.75, 3.05) is 20.1 Å². The predicted octanol–water partition coefficient (Wildman–Crippen LogP) is 9.86. The molecule has 0 bridgehead atoms. The number of Topliss-reactive ketones (excluding diaryl/α,β-unsaturated/α-hetero) is 1. The Bertz CT molecular complexity index is 1310. The van der Waals surface area contributed by atoms with E-state index in [9.17, 15) is 4.79 Å². The van der Waals surface area contributed by atoms with Crippen LogP contribution >= 0.6 is 0 Å². The molecule has 0 saturated heterocycles. The lowest BCUT2D eigenvalue weighted by Gasteiger charge is -2.32. The van der Waals surface area contributed by atoms with Crippen LogP contribution in [0.5, 0.6) is 0 Å². The number of rotatable bonds is 13. The fourth-order valence-corrected chi connectivity index (χ4v) is 5.90. The molecule has 1 aromatic rings.